The summed E-state index contributed by atoms with van der Waals surface area (Å²) in [5.41, 5.74) is 0. The molecular weight excluding hydrogens is 276 g/mol. The van der Waals surface area contributed by atoms with E-state index in [0.29, 0.717) is 16.9 Å². The smallest absolute Gasteiger partial charge is 0.197 e. The number of rotatable bonds is 2. The highest BCUT2D eigenvalue weighted by atomic mass is 79.9. The summed E-state index contributed by atoms with van der Waals surface area (Å²) in [6.07, 6.45) is 0.465. The molecule has 0 aliphatic rings. The van der Waals surface area contributed by atoms with E-state index < -0.39 is 0 Å². The third kappa shape index (κ3) is 1.93. The summed E-state index contributed by atoms with van der Waals surface area (Å²) in [7, 11) is 0. The minimum atomic E-state index is 0.0106. The van der Waals surface area contributed by atoms with Crippen LogP contribution in [0, 0.1) is 0 Å². The summed E-state index contributed by atoms with van der Waals surface area (Å²) >= 11 is 6.37. The molecule has 0 fully saturated rings. The quantitative estimate of drug-likeness (QED) is 0.778. The van der Waals surface area contributed by atoms with Crippen molar-refractivity contribution in [3.63, 3.8) is 0 Å². The van der Waals surface area contributed by atoms with Crippen LogP contribution in [-0.4, -0.2) is 5.78 Å². The zero-order valence-electron chi connectivity index (χ0n) is 5.86. The third-order valence-electron chi connectivity index (χ3n) is 1.24. The number of ketones is 1. The molecule has 0 saturated heterocycles. The Hall–Kier alpha value is -0.0900. The molecule has 1 aromatic heterocycles. The van der Waals surface area contributed by atoms with Crippen molar-refractivity contribution in [1.29, 1.82) is 0 Å². The topological polar surface area (TPSA) is 30.2 Å². The van der Waals surface area contributed by atoms with E-state index in [1.54, 1.807) is 13.0 Å². The van der Waals surface area contributed by atoms with Crippen molar-refractivity contribution in [2.24, 2.45) is 0 Å². The van der Waals surface area contributed by atoms with Crippen molar-refractivity contribution in [1.82, 2.24) is 0 Å². The molecule has 0 aromatic carbocycles. The molecule has 1 rings (SSSR count). The summed E-state index contributed by atoms with van der Waals surface area (Å²) in [6.45, 7) is 1.80. The largest absolute Gasteiger partial charge is 0.445 e. The summed E-state index contributed by atoms with van der Waals surface area (Å²) in [6, 6.07) is 1.66. The second kappa shape index (κ2) is 3.54. The predicted octanol–water partition coefficient (Wildman–Crippen LogP) is 3.40. The number of furan rings is 1. The summed E-state index contributed by atoms with van der Waals surface area (Å²) in [4.78, 5) is 11.0. The van der Waals surface area contributed by atoms with Crippen LogP contribution in [-0.2, 0) is 0 Å². The molecule has 2 nitrogen and oxygen atoms in total. The van der Waals surface area contributed by atoms with Gasteiger partial charge >= 0.3 is 0 Å². The van der Waals surface area contributed by atoms with E-state index in [9.17, 15) is 4.79 Å². The van der Waals surface area contributed by atoms with E-state index in [2.05, 4.69) is 31.9 Å². The summed E-state index contributed by atoms with van der Waals surface area (Å²) in [5.74, 6) is 0.405. The minimum absolute atomic E-state index is 0.0106. The van der Waals surface area contributed by atoms with E-state index in [-0.39, 0.29) is 5.78 Å². The first-order chi connectivity index (χ1) is 5.15. The Morgan fingerprint density at radius 2 is 2.27 bits per heavy atom. The van der Waals surface area contributed by atoms with Crippen molar-refractivity contribution in [3.05, 3.63) is 21.0 Å². The molecule has 0 unspecified atom stereocenters. The Morgan fingerprint density at radius 3 is 2.64 bits per heavy atom. The van der Waals surface area contributed by atoms with Gasteiger partial charge in [0.2, 0.25) is 0 Å². The van der Waals surface area contributed by atoms with Crippen molar-refractivity contribution in [2.75, 3.05) is 0 Å². The lowest BCUT2D eigenvalue weighted by molar-refractivity contribution is 0.0960. The number of Topliss-reactive ketones (excluding diaryl/α,β-unsaturated/α-hetero) is 1. The van der Waals surface area contributed by atoms with E-state index in [1.807, 2.05) is 0 Å². The first-order valence-corrected chi connectivity index (χ1v) is 4.71. The number of halogens is 2. The van der Waals surface area contributed by atoms with Crippen LogP contribution in [0.1, 0.15) is 23.9 Å². The zero-order valence-corrected chi connectivity index (χ0v) is 9.03. The molecule has 0 aliphatic heterocycles. The molecule has 1 heterocycles. The van der Waals surface area contributed by atoms with Crippen LogP contribution in [0.2, 0.25) is 0 Å². The SMILES string of the molecule is CCC(=O)c1cc(Br)c(Br)o1. The average molecular weight is 282 g/mol. The van der Waals surface area contributed by atoms with Gasteiger partial charge in [0, 0.05) is 12.5 Å². The fraction of sp³-hybridized carbons (Fsp3) is 0.286. The number of hydrogen-bond donors (Lipinski definition) is 0. The number of carbonyl (C=O) groups is 1. The fourth-order valence-corrected chi connectivity index (χ4v) is 1.24. The van der Waals surface area contributed by atoms with Gasteiger partial charge in [0.05, 0.1) is 4.47 Å². The molecule has 0 N–H and O–H groups in total. The van der Waals surface area contributed by atoms with Gasteiger partial charge in [0.1, 0.15) is 0 Å². The van der Waals surface area contributed by atoms with Crippen molar-refractivity contribution in [2.45, 2.75) is 13.3 Å². The van der Waals surface area contributed by atoms with Crippen LogP contribution < -0.4 is 0 Å². The van der Waals surface area contributed by atoms with Gasteiger partial charge in [-0.05, 0) is 31.9 Å². The molecule has 0 aliphatic carbocycles. The fourth-order valence-electron chi connectivity index (χ4n) is 0.658. The summed E-state index contributed by atoms with van der Waals surface area (Å²) < 4.78 is 6.42. The molecular formula is C7H6Br2O2. The van der Waals surface area contributed by atoms with Crippen LogP contribution >= 0.6 is 31.9 Å². The molecule has 0 atom stereocenters. The normalized spacial score (nSPS) is 10.1. The molecule has 1 aromatic rings. The number of carbonyl (C=O) groups excluding carboxylic acids is 1. The lowest BCUT2D eigenvalue weighted by Crippen LogP contribution is -1.92. The zero-order chi connectivity index (χ0) is 8.43. The van der Waals surface area contributed by atoms with Crippen LogP contribution in [0.4, 0.5) is 0 Å². The van der Waals surface area contributed by atoms with Gasteiger partial charge in [-0.2, -0.15) is 0 Å². The first-order valence-electron chi connectivity index (χ1n) is 3.13. The Labute approximate surface area is 81.2 Å². The van der Waals surface area contributed by atoms with Gasteiger partial charge in [0.15, 0.2) is 16.2 Å². The highest BCUT2D eigenvalue weighted by molar-refractivity contribution is 9.13. The van der Waals surface area contributed by atoms with Crippen molar-refractivity contribution < 1.29 is 9.21 Å². The van der Waals surface area contributed by atoms with Crippen molar-refractivity contribution >= 4 is 37.6 Å². The van der Waals surface area contributed by atoms with Gasteiger partial charge in [0.25, 0.3) is 0 Å². The number of hydrogen-bond acceptors (Lipinski definition) is 2. The maximum atomic E-state index is 11.0. The predicted molar refractivity (Wildman–Crippen MR) is 48.7 cm³/mol. The van der Waals surface area contributed by atoms with Crippen LogP contribution in [0.15, 0.2) is 19.6 Å². The Bertz CT molecular complexity index is 258. The third-order valence-corrected chi connectivity index (χ3v) is 2.95. The molecule has 0 bridgehead atoms. The highest BCUT2D eigenvalue weighted by Gasteiger charge is 2.11. The Balaban J connectivity index is 2.97. The molecule has 0 radical (unpaired) electrons. The van der Waals surface area contributed by atoms with Crippen LogP contribution in [0.3, 0.4) is 0 Å². The highest BCUT2D eigenvalue weighted by Crippen LogP contribution is 2.27. The molecule has 0 saturated carbocycles. The molecule has 0 spiro atoms. The van der Waals surface area contributed by atoms with Gasteiger partial charge in [-0.25, -0.2) is 0 Å². The van der Waals surface area contributed by atoms with E-state index in [0.717, 1.165) is 4.47 Å². The van der Waals surface area contributed by atoms with Gasteiger partial charge < -0.3 is 4.42 Å². The standard InChI is InChI=1S/C7H6Br2O2/c1-2-5(10)6-3-4(8)7(9)11-6/h3H,2H2,1H3. The first kappa shape index (κ1) is 9.00. The van der Waals surface area contributed by atoms with Crippen LogP contribution in [0.5, 0.6) is 0 Å². The van der Waals surface area contributed by atoms with E-state index in [4.69, 9.17) is 4.42 Å². The Kier molecular flexibility index (Phi) is 2.90. The second-order valence-electron chi connectivity index (χ2n) is 2.01. The molecule has 60 valence electrons. The van der Waals surface area contributed by atoms with Crippen LogP contribution in [0.25, 0.3) is 0 Å². The monoisotopic (exact) mass is 280 g/mol. The Morgan fingerprint density at radius 1 is 1.64 bits per heavy atom. The van der Waals surface area contributed by atoms with Gasteiger partial charge in [-0.1, -0.05) is 6.92 Å². The van der Waals surface area contributed by atoms with E-state index >= 15 is 0 Å². The van der Waals surface area contributed by atoms with Gasteiger partial charge in [-0.3, -0.25) is 4.79 Å². The molecule has 0 amide bonds. The lowest BCUT2D eigenvalue weighted by Gasteiger charge is -1.87. The molecule has 4 heteroatoms. The minimum Gasteiger partial charge on any atom is -0.445 e. The van der Waals surface area contributed by atoms with E-state index in [1.165, 1.54) is 0 Å². The average Bonchev–Trinajstić information content (AvgIpc) is 2.31. The maximum Gasteiger partial charge on any atom is 0.197 e. The maximum absolute atomic E-state index is 11.0. The lowest BCUT2D eigenvalue weighted by atomic mass is 10.2. The summed E-state index contributed by atoms with van der Waals surface area (Å²) in [5, 5.41) is 0. The molecule has 11 heavy (non-hydrogen) atoms. The van der Waals surface area contributed by atoms with Gasteiger partial charge in [-0.15, -0.1) is 0 Å². The second-order valence-corrected chi connectivity index (χ2v) is 3.58. The van der Waals surface area contributed by atoms with Crippen molar-refractivity contribution in [3.8, 4) is 0 Å².